The van der Waals surface area contributed by atoms with Crippen LogP contribution in [0.5, 0.6) is 0 Å². The summed E-state index contributed by atoms with van der Waals surface area (Å²) in [7, 11) is 0. The van der Waals surface area contributed by atoms with Gasteiger partial charge in [0.15, 0.2) is 0 Å². The molecule has 5 aromatic carbocycles. The van der Waals surface area contributed by atoms with E-state index in [1.54, 1.807) is 0 Å². The van der Waals surface area contributed by atoms with Crippen molar-refractivity contribution in [1.29, 1.82) is 0 Å². The Kier molecular flexibility index (Phi) is 13.3. The molecule has 2 heteroatoms. The summed E-state index contributed by atoms with van der Waals surface area (Å²) in [5, 5.41) is 0. The van der Waals surface area contributed by atoms with Crippen molar-refractivity contribution >= 4 is 34.1 Å². The van der Waals surface area contributed by atoms with E-state index in [4.69, 9.17) is 0 Å². The molecule has 0 amide bonds. The van der Waals surface area contributed by atoms with Crippen LogP contribution in [0.3, 0.4) is 0 Å². The SMILES string of the molecule is CCCCc1ccc(N(c2ccc(CCCC)cc2)c2cccc(N(c3ccc(CCCC)cc3)c3ccc(CCCC)cc3)c2)cc1. The van der Waals surface area contributed by atoms with Crippen molar-refractivity contribution in [2.24, 2.45) is 0 Å². The normalized spacial score (nSPS) is 11.1. The highest BCUT2D eigenvalue weighted by Gasteiger charge is 2.18. The van der Waals surface area contributed by atoms with E-state index in [0.29, 0.717) is 0 Å². The average Bonchev–Trinajstić information content (AvgIpc) is 3.14. The largest absolute Gasteiger partial charge is 0.310 e. The second-order valence-electron chi connectivity index (χ2n) is 13.3. The van der Waals surface area contributed by atoms with E-state index >= 15 is 0 Å². The lowest BCUT2D eigenvalue weighted by atomic mass is 10.0. The van der Waals surface area contributed by atoms with Crippen molar-refractivity contribution in [2.75, 3.05) is 9.80 Å². The molecule has 0 aliphatic carbocycles. The molecule has 0 radical (unpaired) electrons. The highest BCUT2D eigenvalue weighted by molar-refractivity contribution is 5.83. The van der Waals surface area contributed by atoms with Gasteiger partial charge >= 0.3 is 0 Å². The minimum Gasteiger partial charge on any atom is -0.310 e. The van der Waals surface area contributed by atoms with E-state index in [1.165, 1.54) is 96.4 Å². The number of nitrogens with zero attached hydrogens (tertiary/aromatic N) is 2. The smallest absolute Gasteiger partial charge is 0.0482 e. The van der Waals surface area contributed by atoms with Gasteiger partial charge in [-0.2, -0.15) is 0 Å². The van der Waals surface area contributed by atoms with Gasteiger partial charge in [0, 0.05) is 34.1 Å². The summed E-state index contributed by atoms with van der Waals surface area (Å²) in [5.41, 5.74) is 12.6. The van der Waals surface area contributed by atoms with Crippen LogP contribution in [0.2, 0.25) is 0 Å². The molecule has 0 aromatic heterocycles. The maximum atomic E-state index is 2.41. The molecule has 2 nitrogen and oxygen atoms in total. The van der Waals surface area contributed by atoms with Crippen molar-refractivity contribution in [2.45, 2.75) is 105 Å². The summed E-state index contributed by atoms with van der Waals surface area (Å²) in [6.45, 7) is 9.05. The molecule has 0 saturated heterocycles. The number of hydrogen-bond donors (Lipinski definition) is 0. The van der Waals surface area contributed by atoms with Gasteiger partial charge in [-0.25, -0.2) is 0 Å². The summed E-state index contributed by atoms with van der Waals surface area (Å²) in [6, 6.07) is 45.9. The third-order valence-electron chi connectivity index (χ3n) is 9.40. The van der Waals surface area contributed by atoms with Gasteiger partial charge in [-0.05, 0) is 140 Å². The fourth-order valence-electron chi connectivity index (χ4n) is 6.44. The predicted molar refractivity (Wildman–Crippen MR) is 210 cm³/mol. The fraction of sp³-hybridized carbons (Fsp3) is 0.348. The van der Waals surface area contributed by atoms with Gasteiger partial charge in [0.25, 0.3) is 0 Å². The van der Waals surface area contributed by atoms with E-state index in [1.807, 2.05) is 0 Å². The lowest BCUT2D eigenvalue weighted by Crippen LogP contribution is -2.13. The van der Waals surface area contributed by atoms with Gasteiger partial charge in [0.05, 0.1) is 0 Å². The Balaban J connectivity index is 1.56. The summed E-state index contributed by atoms with van der Waals surface area (Å²) in [6.07, 6.45) is 14.2. The Morgan fingerprint density at radius 2 is 0.562 bits per heavy atom. The molecule has 0 spiro atoms. The first kappa shape index (κ1) is 35.0. The first-order chi connectivity index (χ1) is 23.6. The summed E-state index contributed by atoms with van der Waals surface area (Å²) >= 11 is 0. The maximum Gasteiger partial charge on any atom is 0.0482 e. The Morgan fingerprint density at radius 3 is 0.792 bits per heavy atom. The average molecular weight is 637 g/mol. The van der Waals surface area contributed by atoms with E-state index in [2.05, 4.69) is 159 Å². The van der Waals surface area contributed by atoms with Crippen LogP contribution in [-0.2, 0) is 25.7 Å². The Bertz CT molecular complexity index is 1410. The molecule has 250 valence electrons. The molecule has 0 atom stereocenters. The molecular weight excluding hydrogens is 581 g/mol. The van der Waals surface area contributed by atoms with Crippen LogP contribution in [0.25, 0.3) is 0 Å². The molecule has 0 unspecified atom stereocenters. The van der Waals surface area contributed by atoms with Gasteiger partial charge in [-0.15, -0.1) is 0 Å². The number of unbranched alkanes of at least 4 members (excludes halogenated alkanes) is 4. The summed E-state index contributed by atoms with van der Waals surface area (Å²) in [4.78, 5) is 4.83. The van der Waals surface area contributed by atoms with Crippen LogP contribution >= 0.6 is 0 Å². The molecule has 0 bridgehead atoms. The van der Waals surface area contributed by atoms with E-state index < -0.39 is 0 Å². The number of rotatable bonds is 18. The van der Waals surface area contributed by atoms with Crippen molar-refractivity contribution in [3.8, 4) is 0 Å². The molecule has 0 fully saturated rings. The highest BCUT2D eigenvalue weighted by atomic mass is 15.2. The highest BCUT2D eigenvalue weighted by Crippen LogP contribution is 2.40. The van der Waals surface area contributed by atoms with Crippen LogP contribution in [0.15, 0.2) is 121 Å². The molecule has 0 saturated carbocycles. The predicted octanol–water partition coefficient (Wildman–Crippen LogP) is 14.0. The third-order valence-corrected chi connectivity index (χ3v) is 9.40. The molecule has 0 aliphatic heterocycles. The molecular formula is C46H56N2. The molecule has 5 aromatic rings. The minimum atomic E-state index is 1.13. The quantitative estimate of drug-likeness (QED) is 0.0944. The topological polar surface area (TPSA) is 6.48 Å². The zero-order chi connectivity index (χ0) is 33.6. The van der Waals surface area contributed by atoms with E-state index in [-0.39, 0.29) is 0 Å². The summed E-state index contributed by atoms with van der Waals surface area (Å²) in [5.74, 6) is 0. The second kappa shape index (κ2) is 18.3. The molecule has 5 rings (SSSR count). The Hall–Kier alpha value is -4.30. The zero-order valence-corrected chi connectivity index (χ0v) is 29.9. The standard InChI is InChI=1S/C46H56N2/c1-5-9-14-37-20-28-41(29-21-37)47(42-30-22-38(23-31-42)15-10-6-2)45-18-13-19-46(36-45)48(43-32-24-39(25-33-43)16-11-7-3)44-34-26-40(27-35-44)17-12-8-4/h13,18-36H,5-12,14-17H2,1-4H3. The summed E-state index contributed by atoms with van der Waals surface area (Å²) < 4.78 is 0. The Labute approximate surface area is 291 Å². The van der Waals surface area contributed by atoms with Crippen molar-refractivity contribution < 1.29 is 0 Å². The molecule has 48 heavy (non-hydrogen) atoms. The van der Waals surface area contributed by atoms with Crippen molar-refractivity contribution in [3.63, 3.8) is 0 Å². The van der Waals surface area contributed by atoms with Gasteiger partial charge < -0.3 is 9.80 Å². The van der Waals surface area contributed by atoms with Crippen molar-refractivity contribution in [3.05, 3.63) is 144 Å². The third kappa shape index (κ3) is 9.41. The molecule has 0 aliphatic rings. The van der Waals surface area contributed by atoms with Crippen LogP contribution in [-0.4, -0.2) is 0 Å². The zero-order valence-electron chi connectivity index (χ0n) is 29.9. The number of benzene rings is 5. The van der Waals surface area contributed by atoms with Crippen molar-refractivity contribution in [1.82, 2.24) is 0 Å². The van der Waals surface area contributed by atoms with Crippen LogP contribution in [0, 0.1) is 0 Å². The van der Waals surface area contributed by atoms with Gasteiger partial charge in [0.2, 0.25) is 0 Å². The minimum absolute atomic E-state index is 1.13. The Morgan fingerprint density at radius 1 is 0.312 bits per heavy atom. The second-order valence-corrected chi connectivity index (χ2v) is 13.3. The van der Waals surface area contributed by atoms with Crippen LogP contribution in [0.1, 0.15) is 101 Å². The van der Waals surface area contributed by atoms with Crippen LogP contribution < -0.4 is 9.80 Å². The lowest BCUT2D eigenvalue weighted by Gasteiger charge is -2.30. The number of anilines is 6. The maximum absolute atomic E-state index is 2.41. The van der Waals surface area contributed by atoms with Gasteiger partial charge in [-0.3, -0.25) is 0 Å². The van der Waals surface area contributed by atoms with E-state index in [9.17, 15) is 0 Å². The molecule has 0 N–H and O–H groups in total. The fourth-order valence-corrected chi connectivity index (χ4v) is 6.44. The monoisotopic (exact) mass is 636 g/mol. The van der Waals surface area contributed by atoms with Crippen LogP contribution in [0.4, 0.5) is 34.1 Å². The molecule has 0 heterocycles. The van der Waals surface area contributed by atoms with Gasteiger partial charge in [0.1, 0.15) is 0 Å². The first-order valence-electron chi connectivity index (χ1n) is 18.7. The lowest BCUT2D eigenvalue weighted by molar-refractivity contribution is 0.795. The number of aryl methyl sites for hydroxylation is 4. The first-order valence-corrected chi connectivity index (χ1v) is 18.7. The number of hydrogen-bond acceptors (Lipinski definition) is 2. The van der Waals surface area contributed by atoms with E-state index in [0.717, 1.165) is 37.1 Å². The van der Waals surface area contributed by atoms with Gasteiger partial charge in [-0.1, -0.05) is 108 Å².